The van der Waals surface area contributed by atoms with Gasteiger partial charge in [0.25, 0.3) is 0 Å². The van der Waals surface area contributed by atoms with Gasteiger partial charge < -0.3 is 9.64 Å². The van der Waals surface area contributed by atoms with Crippen molar-refractivity contribution in [1.29, 1.82) is 0 Å². The molecule has 2 aromatic carbocycles. The van der Waals surface area contributed by atoms with E-state index in [9.17, 15) is 4.79 Å². The van der Waals surface area contributed by atoms with E-state index >= 15 is 4.39 Å². The van der Waals surface area contributed by atoms with Gasteiger partial charge in [0, 0.05) is 29.5 Å². The third-order valence-corrected chi connectivity index (χ3v) is 5.43. The average Bonchev–Trinajstić information content (AvgIpc) is 3.14. The van der Waals surface area contributed by atoms with Crippen LogP contribution in [0.4, 0.5) is 4.39 Å². The van der Waals surface area contributed by atoms with Gasteiger partial charge >= 0.3 is 5.97 Å². The molecule has 1 aromatic heterocycles. The highest BCUT2D eigenvalue weighted by Crippen LogP contribution is 2.48. The SMILES string of the molecule is COC(=O)C1(c2ccccc2)N=CN(Cc2cccnc2)C1c1ccc(Cl)cc1F. The van der Waals surface area contributed by atoms with E-state index in [2.05, 4.69) is 9.98 Å². The van der Waals surface area contributed by atoms with Crippen LogP contribution >= 0.6 is 11.6 Å². The number of nitrogens with zero attached hydrogens (tertiary/aromatic N) is 3. The number of methoxy groups -OCH3 is 1. The molecular weight excluding hydrogens is 405 g/mol. The zero-order chi connectivity index (χ0) is 21.1. The number of benzene rings is 2. The highest BCUT2D eigenvalue weighted by molar-refractivity contribution is 6.30. The Morgan fingerprint density at radius 3 is 2.67 bits per heavy atom. The van der Waals surface area contributed by atoms with Crippen molar-refractivity contribution in [2.45, 2.75) is 18.1 Å². The molecule has 4 rings (SSSR count). The van der Waals surface area contributed by atoms with E-state index in [0.717, 1.165) is 5.56 Å². The van der Waals surface area contributed by atoms with E-state index in [-0.39, 0.29) is 5.02 Å². The number of rotatable bonds is 5. The van der Waals surface area contributed by atoms with Crippen LogP contribution in [0.2, 0.25) is 5.02 Å². The van der Waals surface area contributed by atoms with Gasteiger partial charge in [-0.2, -0.15) is 0 Å². The number of carbonyl (C=O) groups excluding carboxylic acids is 1. The third-order valence-electron chi connectivity index (χ3n) is 5.19. The monoisotopic (exact) mass is 423 g/mol. The molecule has 0 bridgehead atoms. The lowest BCUT2D eigenvalue weighted by molar-refractivity contribution is -0.149. The smallest absolute Gasteiger partial charge is 0.341 e. The number of aliphatic imine (C=N–C) groups is 1. The molecule has 0 saturated heterocycles. The minimum atomic E-state index is -1.47. The maximum absolute atomic E-state index is 15.1. The van der Waals surface area contributed by atoms with Crippen LogP contribution in [-0.4, -0.2) is 29.3 Å². The molecule has 0 radical (unpaired) electrons. The second kappa shape index (κ2) is 8.24. The molecule has 0 amide bonds. The van der Waals surface area contributed by atoms with Crippen LogP contribution in [-0.2, 0) is 21.6 Å². The van der Waals surface area contributed by atoms with Gasteiger partial charge in [-0.3, -0.25) is 4.98 Å². The molecule has 3 aromatic rings. The van der Waals surface area contributed by atoms with E-state index in [1.54, 1.807) is 43.0 Å². The summed E-state index contributed by atoms with van der Waals surface area (Å²) in [5.74, 6) is -1.09. The minimum absolute atomic E-state index is 0.275. The van der Waals surface area contributed by atoms with Crippen molar-refractivity contribution in [3.05, 3.63) is 101 Å². The fraction of sp³-hybridized carbons (Fsp3) is 0.174. The van der Waals surface area contributed by atoms with E-state index in [1.807, 2.05) is 35.2 Å². The third kappa shape index (κ3) is 3.44. The molecule has 0 saturated carbocycles. The number of ether oxygens (including phenoxy) is 1. The summed E-state index contributed by atoms with van der Waals surface area (Å²) in [7, 11) is 1.31. The molecule has 2 heterocycles. The summed E-state index contributed by atoms with van der Waals surface area (Å²) in [6.45, 7) is 0.385. The summed E-state index contributed by atoms with van der Waals surface area (Å²) in [5, 5.41) is 0.275. The summed E-state index contributed by atoms with van der Waals surface area (Å²) in [6, 6.07) is 16.5. The quantitative estimate of drug-likeness (QED) is 0.566. The number of esters is 1. The molecule has 2 unspecified atom stereocenters. The van der Waals surface area contributed by atoms with Crippen LogP contribution in [0.15, 0.2) is 78.0 Å². The Hall–Kier alpha value is -3.25. The molecule has 7 heteroatoms. The van der Waals surface area contributed by atoms with Gasteiger partial charge in [-0.05, 0) is 29.3 Å². The largest absolute Gasteiger partial charge is 0.467 e. The zero-order valence-electron chi connectivity index (χ0n) is 16.2. The maximum Gasteiger partial charge on any atom is 0.341 e. The highest BCUT2D eigenvalue weighted by atomic mass is 35.5. The number of hydrogen-bond acceptors (Lipinski definition) is 5. The Morgan fingerprint density at radius 2 is 2.00 bits per heavy atom. The fourth-order valence-corrected chi connectivity index (χ4v) is 4.03. The number of hydrogen-bond donors (Lipinski definition) is 0. The van der Waals surface area contributed by atoms with Gasteiger partial charge in [0.05, 0.1) is 19.5 Å². The standard InChI is InChI=1S/C23H19ClFN3O2/c1-30-22(29)23(17-7-3-2-4-8-17)21(19-10-9-18(24)12-20(19)25)28(15-27-23)14-16-6-5-11-26-13-16/h2-13,15,21H,14H2,1H3. The van der Waals surface area contributed by atoms with Gasteiger partial charge in [-0.15, -0.1) is 0 Å². The Morgan fingerprint density at radius 1 is 1.20 bits per heavy atom. The molecule has 2 atom stereocenters. The van der Waals surface area contributed by atoms with Gasteiger partial charge in [-0.1, -0.05) is 54.1 Å². The van der Waals surface area contributed by atoms with Crippen LogP contribution in [0.25, 0.3) is 0 Å². The average molecular weight is 424 g/mol. The molecular formula is C23H19ClFN3O2. The summed E-state index contributed by atoms with van der Waals surface area (Å²) in [4.78, 5) is 23.8. The number of pyridine rings is 1. The van der Waals surface area contributed by atoms with Crippen LogP contribution in [0.5, 0.6) is 0 Å². The molecule has 0 spiro atoms. The topological polar surface area (TPSA) is 54.8 Å². The molecule has 1 aliphatic heterocycles. The number of halogens is 2. The molecule has 30 heavy (non-hydrogen) atoms. The van der Waals surface area contributed by atoms with E-state index < -0.39 is 23.4 Å². The van der Waals surface area contributed by atoms with Crippen molar-refractivity contribution >= 4 is 23.9 Å². The predicted octanol–water partition coefficient (Wildman–Crippen LogP) is 4.53. The highest BCUT2D eigenvalue weighted by Gasteiger charge is 2.55. The summed E-state index contributed by atoms with van der Waals surface area (Å²) in [6.07, 6.45) is 4.99. The maximum atomic E-state index is 15.1. The van der Waals surface area contributed by atoms with E-state index in [1.165, 1.54) is 13.2 Å². The molecule has 152 valence electrons. The van der Waals surface area contributed by atoms with Crippen molar-refractivity contribution in [1.82, 2.24) is 9.88 Å². The second-order valence-electron chi connectivity index (χ2n) is 6.97. The predicted molar refractivity (Wildman–Crippen MR) is 113 cm³/mol. The molecule has 0 N–H and O–H groups in total. The fourth-order valence-electron chi connectivity index (χ4n) is 3.87. The second-order valence-corrected chi connectivity index (χ2v) is 7.41. The lowest BCUT2D eigenvalue weighted by atomic mass is 9.79. The zero-order valence-corrected chi connectivity index (χ0v) is 17.0. The van der Waals surface area contributed by atoms with Crippen molar-refractivity contribution < 1.29 is 13.9 Å². The van der Waals surface area contributed by atoms with Crippen LogP contribution in [0.3, 0.4) is 0 Å². The van der Waals surface area contributed by atoms with Crippen LogP contribution in [0.1, 0.15) is 22.7 Å². The first-order chi connectivity index (χ1) is 14.6. The van der Waals surface area contributed by atoms with Gasteiger partial charge in [0.1, 0.15) is 5.82 Å². The van der Waals surface area contributed by atoms with Crippen LogP contribution < -0.4 is 0 Å². The summed E-state index contributed by atoms with van der Waals surface area (Å²) in [5.41, 5.74) is 0.348. The van der Waals surface area contributed by atoms with Crippen molar-refractivity contribution in [3.8, 4) is 0 Å². The summed E-state index contributed by atoms with van der Waals surface area (Å²) < 4.78 is 20.3. The van der Waals surface area contributed by atoms with Gasteiger partial charge in [0.2, 0.25) is 5.54 Å². The molecule has 0 aliphatic carbocycles. The first-order valence-electron chi connectivity index (χ1n) is 9.35. The minimum Gasteiger partial charge on any atom is -0.467 e. The summed E-state index contributed by atoms with van der Waals surface area (Å²) >= 11 is 5.98. The van der Waals surface area contributed by atoms with Crippen molar-refractivity contribution in [2.24, 2.45) is 4.99 Å². The first-order valence-corrected chi connectivity index (χ1v) is 9.73. The van der Waals surface area contributed by atoms with Gasteiger partial charge in [-0.25, -0.2) is 14.2 Å². The van der Waals surface area contributed by atoms with E-state index in [0.29, 0.717) is 17.7 Å². The van der Waals surface area contributed by atoms with Crippen molar-refractivity contribution in [3.63, 3.8) is 0 Å². The number of aromatic nitrogens is 1. The Labute approximate surface area is 178 Å². The number of carbonyl (C=O) groups is 1. The van der Waals surface area contributed by atoms with Crippen LogP contribution in [0, 0.1) is 5.82 Å². The molecule has 0 fully saturated rings. The lowest BCUT2D eigenvalue weighted by Crippen LogP contribution is -2.43. The Bertz CT molecular complexity index is 1080. The lowest BCUT2D eigenvalue weighted by Gasteiger charge is -2.36. The Kier molecular flexibility index (Phi) is 5.50. The normalized spacial score (nSPS) is 20.4. The van der Waals surface area contributed by atoms with E-state index in [4.69, 9.17) is 16.3 Å². The van der Waals surface area contributed by atoms with Crippen molar-refractivity contribution in [2.75, 3.05) is 7.11 Å². The molecule has 1 aliphatic rings. The first kappa shape index (κ1) is 20.0. The van der Waals surface area contributed by atoms with Gasteiger partial charge in [0.15, 0.2) is 0 Å². The Balaban J connectivity index is 1.90. The molecule has 5 nitrogen and oxygen atoms in total.